The van der Waals surface area contributed by atoms with Crippen molar-refractivity contribution in [1.82, 2.24) is 4.98 Å². The van der Waals surface area contributed by atoms with Gasteiger partial charge in [0, 0.05) is 7.05 Å². The van der Waals surface area contributed by atoms with Crippen LogP contribution in [0.4, 0.5) is 24.7 Å². The molecule has 1 aromatic rings. The molecular weight excluding hydrogens is 255 g/mol. The first-order chi connectivity index (χ1) is 8.24. The third kappa shape index (κ3) is 3.47. The van der Waals surface area contributed by atoms with Crippen molar-refractivity contribution >= 4 is 11.5 Å². The fourth-order valence-electron chi connectivity index (χ4n) is 1.03. The molecule has 1 N–H and O–H groups in total. The SMILES string of the molecule is CNc1cc([N+](=O)[O-])cc(OC(C)C(F)(F)F)n1. The van der Waals surface area contributed by atoms with Crippen LogP contribution in [0.25, 0.3) is 0 Å². The van der Waals surface area contributed by atoms with Gasteiger partial charge in [-0.1, -0.05) is 0 Å². The van der Waals surface area contributed by atoms with E-state index >= 15 is 0 Å². The Morgan fingerprint density at radius 2 is 2.11 bits per heavy atom. The van der Waals surface area contributed by atoms with Gasteiger partial charge in [0.2, 0.25) is 5.88 Å². The van der Waals surface area contributed by atoms with E-state index in [0.717, 1.165) is 19.1 Å². The summed E-state index contributed by atoms with van der Waals surface area (Å²) >= 11 is 0. The van der Waals surface area contributed by atoms with Gasteiger partial charge in [0.1, 0.15) is 5.82 Å². The average molecular weight is 265 g/mol. The summed E-state index contributed by atoms with van der Waals surface area (Å²) in [6.45, 7) is 0.791. The quantitative estimate of drug-likeness (QED) is 0.668. The number of halogens is 3. The normalized spacial score (nSPS) is 12.9. The summed E-state index contributed by atoms with van der Waals surface area (Å²) in [7, 11) is 1.43. The third-order valence-corrected chi connectivity index (χ3v) is 2.01. The summed E-state index contributed by atoms with van der Waals surface area (Å²) in [5, 5.41) is 13.1. The molecule has 0 bridgehead atoms. The maximum atomic E-state index is 12.3. The number of ether oxygens (including phenoxy) is 1. The van der Waals surface area contributed by atoms with Crippen molar-refractivity contribution in [2.75, 3.05) is 12.4 Å². The molecule has 1 unspecified atom stereocenters. The predicted molar refractivity (Wildman–Crippen MR) is 56.6 cm³/mol. The van der Waals surface area contributed by atoms with Gasteiger partial charge in [-0.05, 0) is 6.92 Å². The van der Waals surface area contributed by atoms with Crippen LogP contribution in [0.3, 0.4) is 0 Å². The van der Waals surface area contributed by atoms with E-state index in [9.17, 15) is 23.3 Å². The van der Waals surface area contributed by atoms with Crippen LogP contribution in [0.15, 0.2) is 12.1 Å². The summed E-state index contributed by atoms with van der Waals surface area (Å²) in [5.41, 5.74) is -0.404. The summed E-state index contributed by atoms with van der Waals surface area (Å²) in [6.07, 6.45) is -6.66. The van der Waals surface area contributed by atoms with Gasteiger partial charge in [-0.15, -0.1) is 0 Å². The van der Waals surface area contributed by atoms with E-state index < -0.39 is 28.8 Å². The number of nitro groups is 1. The molecule has 0 saturated heterocycles. The van der Waals surface area contributed by atoms with Crippen LogP contribution in [-0.2, 0) is 0 Å². The number of rotatable bonds is 4. The van der Waals surface area contributed by atoms with Crippen molar-refractivity contribution in [1.29, 1.82) is 0 Å². The van der Waals surface area contributed by atoms with Crippen molar-refractivity contribution in [3.05, 3.63) is 22.2 Å². The smallest absolute Gasteiger partial charge is 0.425 e. The fourth-order valence-corrected chi connectivity index (χ4v) is 1.03. The van der Waals surface area contributed by atoms with Crippen LogP contribution in [0.2, 0.25) is 0 Å². The molecule has 18 heavy (non-hydrogen) atoms. The molecule has 0 aliphatic heterocycles. The molecular formula is C9H10F3N3O3. The van der Waals surface area contributed by atoms with Crippen molar-refractivity contribution < 1.29 is 22.8 Å². The van der Waals surface area contributed by atoms with Crippen molar-refractivity contribution in [2.45, 2.75) is 19.2 Å². The molecule has 1 rings (SSSR count). The first-order valence-electron chi connectivity index (χ1n) is 4.81. The van der Waals surface area contributed by atoms with Crippen molar-refractivity contribution in [3.63, 3.8) is 0 Å². The standard InChI is InChI=1S/C9H10F3N3O3/c1-5(9(10,11)12)18-8-4-6(15(16)17)3-7(13-2)14-8/h3-5H,1-2H3,(H,13,14). The van der Waals surface area contributed by atoms with Crippen LogP contribution in [0, 0.1) is 10.1 Å². The molecule has 9 heteroatoms. The highest BCUT2D eigenvalue weighted by molar-refractivity contribution is 5.47. The largest absolute Gasteiger partial charge is 0.465 e. The topological polar surface area (TPSA) is 77.3 Å². The second kappa shape index (κ2) is 5.07. The van der Waals surface area contributed by atoms with Gasteiger partial charge in [0.05, 0.1) is 17.1 Å². The van der Waals surface area contributed by atoms with Gasteiger partial charge in [0.15, 0.2) is 6.10 Å². The Morgan fingerprint density at radius 3 is 2.56 bits per heavy atom. The zero-order valence-electron chi connectivity index (χ0n) is 9.49. The number of nitrogens with zero attached hydrogens (tertiary/aromatic N) is 2. The van der Waals surface area contributed by atoms with E-state index in [1.54, 1.807) is 0 Å². The zero-order valence-corrected chi connectivity index (χ0v) is 9.49. The van der Waals surface area contributed by atoms with Gasteiger partial charge in [-0.25, -0.2) is 0 Å². The molecule has 0 aromatic carbocycles. The summed E-state index contributed by atoms with van der Waals surface area (Å²) < 4.78 is 41.4. The number of nitrogens with one attached hydrogen (secondary N) is 1. The molecule has 6 nitrogen and oxygen atoms in total. The molecule has 0 amide bonds. The van der Waals surface area contributed by atoms with Crippen LogP contribution in [-0.4, -0.2) is 29.2 Å². The van der Waals surface area contributed by atoms with E-state index in [2.05, 4.69) is 15.0 Å². The summed E-state index contributed by atoms with van der Waals surface area (Å²) in [5.74, 6) is -0.410. The summed E-state index contributed by atoms with van der Waals surface area (Å²) in [6, 6.07) is 1.92. The molecule has 0 saturated carbocycles. The number of anilines is 1. The van der Waals surface area contributed by atoms with E-state index in [4.69, 9.17) is 0 Å². The Kier molecular flexibility index (Phi) is 3.94. The molecule has 0 radical (unpaired) electrons. The molecule has 0 fully saturated rings. The lowest BCUT2D eigenvalue weighted by Gasteiger charge is -2.17. The highest BCUT2D eigenvalue weighted by atomic mass is 19.4. The van der Waals surface area contributed by atoms with Crippen molar-refractivity contribution in [3.8, 4) is 5.88 Å². The lowest BCUT2D eigenvalue weighted by Crippen LogP contribution is -2.31. The Morgan fingerprint density at radius 1 is 1.50 bits per heavy atom. The summed E-state index contributed by atoms with van der Waals surface area (Å²) in [4.78, 5) is 13.5. The first-order valence-corrected chi connectivity index (χ1v) is 4.81. The zero-order chi connectivity index (χ0) is 13.9. The molecule has 0 spiro atoms. The molecule has 1 heterocycles. The number of hydrogen-bond acceptors (Lipinski definition) is 5. The minimum Gasteiger partial charge on any atom is -0.465 e. The van der Waals surface area contributed by atoms with Crippen LogP contribution < -0.4 is 10.1 Å². The second-order valence-corrected chi connectivity index (χ2v) is 3.36. The van der Waals surface area contributed by atoms with Gasteiger partial charge in [-0.2, -0.15) is 18.2 Å². The highest BCUT2D eigenvalue weighted by Gasteiger charge is 2.38. The maximum absolute atomic E-state index is 12.3. The number of hydrogen-bond donors (Lipinski definition) is 1. The minimum atomic E-state index is -4.56. The Balaban J connectivity index is 3.02. The Hall–Kier alpha value is -2.06. The van der Waals surface area contributed by atoms with Gasteiger partial charge in [0.25, 0.3) is 5.69 Å². The number of aromatic nitrogens is 1. The number of pyridine rings is 1. The lowest BCUT2D eigenvalue weighted by molar-refractivity contribution is -0.385. The predicted octanol–water partition coefficient (Wildman–Crippen LogP) is 2.36. The fraction of sp³-hybridized carbons (Fsp3) is 0.444. The van der Waals surface area contributed by atoms with Gasteiger partial charge >= 0.3 is 6.18 Å². The first kappa shape index (κ1) is 14.0. The van der Waals surface area contributed by atoms with E-state index in [0.29, 0.717) is 0 Å². The Labute approximate surface area is 99.9 Å². The second-order valence-electron chi connectivity index (χ2n) is 3.36. The van der Waals surface area contributed by atoms with Gasteiger partial charge in [-0.3, -0.25) is 10.1 Å². The maximum Gasteiger partial charge on any atom is 0.425 e. The van der Waals surface area contributed by atoms with Crippen LogP contribution >= 0.6 is 0 Å². The monoisotopic (exact) mass is 265 g/mol. The lowest BCUT2D eigenvalue weighted by atomic mass is 10.3. The van der Waals surface area contributed by atoms with Gasteiger partial charge < -0.3 is 10.1 Å². The molecule has 0 aliphatic carbocycles. The Bertz CT molecular complexity index is 450. The van der Waals surface area contributed by atoms with Crippen molar-refractivity contribution in [2.24, 2.45) is 0 Å². The molecule has 100 valence electrons. The van der Waals surface area contributed by atoms with E-state index in [1.807, 2.05) is 0 Å². The highest BCUT2D eigenvalue weighted by Crippen LogP contribution is 2.27. The third-order valence-electron chi connectivity index (χ3n) is 2.01. The van der Waals surface area contributed by atoms with Crippen LogP contribution in [0.5, 0.6) is 5.88 Å². The minimum absolute atomic E-state index is 0.0496. The molecule has 0 aliphatic rings. The molecule has 1 atom stereocenters. The van der Waals surface area contributed by atoms with E-state index in [-0.39, 0.29) is 5.82 Å². The average Bonchev–Trinajstić information content (AvgIpc) is 2.27. The van der Waals surface area contributed by atoms with Crippen LogP contribution in [0.1, 0.15) is 6.92 Å². The molecule has 1 aromatic heterocycles. The number of alkyl halides is 3. The van der Waals surface area contributed by atoms with E-state index in [1.165, 1.54) is 7.05 Å².